The predicted octanol–water partition coefficient (Wildman–Crippen LogP) is 5.15. The molecular weight excluding hydrogens is 477 g/mol. The third kappa shape index (κ3) is 7.60. The maximum absolute atomic E-state index is 12.2. The quantitative estimate of drug-likeness (QED) is 0.371. The number of anilines is 1. The number of carboxylic acids is 1. The topological polar surface area (TPSA) is 97.2 Å². The van der Waals surface area contributed by atoms with Crippen molar-refractivity contribution in [2.24, 2.45) is 0 Å². The Bertz CT molecular complexity index is 1070. The molecule has 0 unspecified atom stereocenters. The van der Waals surface area contributed by atoms with Crippen molar-refractivity contribution in [1.82, 2.24) is 15.0 Å². The molecule has 1 aromatic carbocycles. The molecule has 0 aliphatic heterocycles. The average molecular weight is 499 g/mol. The second kappa shape index (κ2) is 10.4. The summed E-state index contributed by atoms with van der Waals surface area (Å²) in [6.45, 7) is 2.48. The van der Waals surface area contributed by atoms with E-state index in [4.69, 9.17) is 4.74 Å². The third-order valence-electron chi connectivity index (χ3n) is 4.29. The van der Waals surface area contributed by atoms with Crippen molar-refractivity contribution in [1.29, 1.82) is 0 Å². The van der Waals surface area contributed by atoms with Crippen molar-refractivity contribution in [3.05, 3.63) is 47.7 Å². The zero-order valence-corrected chi connectivity index (χ0v) is 19.4. The van der Waals surface area contributed by atoms with Crippen LogP contribution in [0.15, 0.2) is 46.4 Å². The van der Waals surface area contributed by atoms with E-state index < -0.39 is 23.5 Å². The van der Waals surface area contributed by atoms with E-state index in [-0.39, 0.29) is 5.75 Å². The van der Waals surface area contributed by atoms with E-state index in [1.54, 1.807) is 38.4 Å². The number of rotatable bonds is 10. The summed E-state index contributed by atoms with van der Waals surface area (Å²) >= 11 is 2.62. The Morgan fingerprint density at radius 1 is 1.15 bits per heavy atom. The molecule has 2 aromatic heterocycles. The van der Waals surface area contributed by atoms with E-state index in [1.807, 2.05) is 5.38 Å². The highest BCUT2D eigenvalue weighted by molar-refractivity contribution is 8.02. The van der Waals surface area contributed by atoms with Crippen LogP contribution in [0.3, 0.4) is 0 Å². The maximum Gasteiger partial charge on any atom is 0.422 e. The smallest absolute Gasteiger partial charge is 0.422 e. The minimum absolute atomic E-state index is 0.130. The zero-order chi connectivity index (χ0) is 24.1. The molecule has 0 radical (unpaired) electrons. The van der Waals surface area contributed by atoms with Crippen LogP contribution in [-0.2, 0) is 11.2 Å². The number of aliphatic carboxylic acids is 1. The Hall–Kier alpha value is -2.86. The van der Waals surface area contributed by atoms with Gasteiger partial charge in [0.1, 0.15) is 10.5 Å². The van der Waals surface area contributed by atoms with E-state index in [0.717, 1.165) is 11.3 Å². The number of alkyl halides is 3. The van der Waals surface area contributed by atoms with Crippen LogP contribution in [0.5, 0.6) is 5.75 Å². The molecule has 0 amide bonds. The molecule has 0 fully saturated rings. The molecule has 12 heteroatoms. The first kappa shape index (κ1) is 24.8. The summed E-state index contributed by atoms with van der Waals surface area (Å²) < 4.78 is 41.1. The van der Waals surface area contributed by atoms with Crippen LogP contribution in [0.25, 0.3) is 11.1 Å². The highest BCUT2D eigenvalue weighted by Crippen LogP contribution is 2.34. The number of ether oxygens (including phenoxy) is 1. The van der Waals surface area contributed by atoms with E-state index in [2.05, 4.69) is 20.3 Å². The normalized spacial score (nSPS) is 11.9. The van der Waals surface area contributed by atoms with Gasteiger partial charge >= 0.3 is 12.1 Å². The molecule has 0 aliphatic carbocycles. The first-order valence-electron chi connectivity index (χ1n) is 9.74. The Morgan fingerprint density at radius 2 is 1.82 bits per heavy atom. The lowest BCUT2D eigenvalue weighted by Crippen LogP contribution is -2.26. The zero-order valence-electron chi connectivity index (χ0n) is 17.7. The number of benzene rings is 1. The molecule has 0 saturated heterocycles. The van der Waals surface area contributed by atoms with E-state index in [9.17, 15) is 23.1 Å². The van der Waals surface area contributed by atoms with Crippen LogP contribution in [0.2, 0.25) is 0 Å². The van der Waals surface area contributed by atoms with Gasteiger partial charge in [-0.25, -0.2) is 15.0 Å². The van der Waals surface area contributed by atoms with E-state index in [0.29, 0.717) is 28.8 Å². The van der Waals surface area contributed by atoms with E-state index in [1.165, 1.54) is 35.2 Å². The molecule has 0 spiro atoms. The van der Waals surface area contributed by atoms with Gasteiger partial charge in [-0.1, -0.05) is 23.9 Å². The number of nitrogens with zero attached hydrogens (tertiary/aromatic N) is 3. The highest BCUT2D eigenvalue weighted by Gasteiger charge is 2.30. The van der Waals surface area contributed by atoms with Gasteiger partial charge in [-0.15, -0.1) is 11.3 Å². The van der Waals surface area contributed by atoms with Crippen LogP contribution in [0.1, 0.15) is 19.5 Å². The van der Waals surface area contributed by atoms with Crippen molar-refractivity contribution >= 4 is 35.0 Å². The second-order valence-electron chi connectivity index (χ2n) is 7.42. The van der Waals surface area contributed by atoms with Crippen LogP contribution >= 0.6 is 23.1 Å². The number of carbonyl (C=O) groups is 1. The Kier molecular flexibility index (Phi) is 7.80. The highest BCUT2D eigenvalue weighted by atomic mass is 32.2. The molecule has 0 saturated carbocycles. The predicted molar refractivity (Wildman–Crippen MR) is 121 cm³/mol. The van der Waals surface area contributed by atoms with Crippen molar-refractivity contribution in [2.45, 2.75) is 35.5 Å². The Labute approximate surface area is 196 Å². The van der Waals surface area contributed by atoms with Crippen LogP contribution in [0.4, 0.5) is 19.1 Å². The molecule has 0 atom stereocenters. The van der Waals surface area contributed by atoms with Crippen molar-refractivity contribution < 1.29 is 27.8 Å². The first-order chi connectivity index (χ1) is 15.5. The minimum atomic E-state index is -4.38. The molecule has 3 rings (SSSR count). The first-order valence-corrected chi connectivity index (χ1v) is 11.4. The van der Waals surface area contributed by atoms with Gasteiger partial charge in [0.05, 0.1) is 5.69 Å². The molecule has 0 bridgehead atoms. The number of carboxylic acid groups (broad SMARTS) is 1. The summed E-state index contributed by atoms with van der Waals surface area (Å²) in [4.78, 5) is 24.2. The molecule has 7 nitrogen and oxygen atoms in total. The fourth-order valence-corrected chi connectivity index (χ4v) is 4.72. The number of hydrogen-bond donors (Lipinski definition) is 2. The molecule has 176 valence electrons. The number of halogens is 3. The summed E-state index contributed by atoms with van der Waals surface area (Å²) in [5.41, 5.74) is 2.31. The van der Waals surface area contributed by atoms with Gasteiger partial charge in [0.25, 0.3) is 0 Å². The minimum Gasteiger partial charge on any atom is -0.484 e. The van der Waals surface area contributed by atoms with Gasteiger partial charge in [0.2, 0.25) is 5.95 Å². The third-order valence-corrected chi connectivity index (χ3v) is 6.47. The monoisotopic (exact) mass is 498 g/mol. The number of hydrogen-bond acceptors (Lipinski definition) is 8. The van der Waals surface area contributed by atoms with Gasteiger partial charge < -0.3 is 15.2 Å². The van der Waals surface area contributed by atoms with Crippen LogP contribution < -0.4 is 10.1 Å². The Morgan fingerprint density at radius 3 is 2.42 bits per heavy atom. The van der Waals surface area contributed by atoms with Gasteiger partial charge in [0, 0.05) is 36.3 Å². The van der Waals surface area contributed by atoms with Crippen molar-refractivity contribution in [3.63, 3.8) is 0 Å². The van der Waals surface area contributed by atoms with Crippen LogP contribution in [-0.4, -0.2) is 50.1 Å². The fourth-order valence-electron chi connectivity index (χ4n) is 2.49. The van der Waals surface area contributed by atoms with Gasteiger partial charge in [-0.05, 0) is 31.5 Å². The van der Waals surface area contributed by atoms with E-state index >= 15 is 0 Å². The van der Waals surface area contributed by atoms with Crippen molar-refractivity contribution in [3.8, 4) is 16.9 Å². The summed E-state index contributed by atoms with van der Waals surface area (Å²) in [5, 5.41) is 14.2. The summed E-state index contributed by atoms with van der Waals surface area (Å²) in [6, 6.07) is 6.21. The molecule has 2 N–H and O–H groups in total. The van der Waals surface area contributed by atoms with Gasteiger partial charge in [-0.2, -0.15) is 13.2 Å². The number of thiazole rings is 1. The lowest BCUT2D eigenvalue weighted by Gasteiger charge is -2.15. The summed E-state index contributed by atoms with van der Waals surface area (Å²) in [6.07, 6.45) is -0.526. The van der Waals surface area contributed by atoms with Gasteiger partial charge in [-0.3, -0.25) is 4.79 Å². The maximum atomic E-state index is 12.2. The fraction of sp³-hybridized carbons (Fsp3) is 0.333. The van der Waals surface area contributed by atoms with Gasteiger partial charge in [0.15, 0.2) is 10.9 Å². The summed E-state index contributed by atoms with van der Waals surface area (Å²) in [7, 11) is 0. The summed E-state index contributed by atoms with van der Waals surface area (Å²) in [5.74, 6) is -0.330. The second-order valence-corrected chi connectivity index (χ2v) is 10.2. The van der Waals surface area contributed by atoms with Crippen LogP contribution in [0, 0.1) is 0 Å². The number of thioether (sulfide) groups is 1. The number of nitrogens with one attached hydrogen (secondary N) is 1. The Balaban J connectivity index is 1.49. The molecule has 3 aromatic rings. The largest absolute Gasteiger partial charge is 0.484 e. The lowest BCUT2D eigenvalue weighted by molar-refractivity contribution is -0.153. The SMILES string of the molecule is CC(C)(Sc1nc(CCNc2ncc(-c3ccc(OCC(F)(F)F)cc3)cn2)cs1)C(=O)O. The molecule has 2 heterocycles. The molecular formula is C21H21F3N4O3S2. The molecule has 0 aliphatic rings. The van der Waals surface area contributed by atoms with Crippen molar-refractivity contribution in [2.75, 3.05) is 18.5 Å². The average Bonchev–Trinajstić information content (AvgIpc) is 3.19. The molecule has 33 heavy (non-hydrogen) atoms. The standard InChI is InChI=1S/C21H21F3N4O3S2/c1-20(2,17(29)30)33-19-28-15(11-32-19)7-8-25-18-26-9-14(10-27-18)13-3-5-16(6-4-13)31-12-21(22,23)24/h3-6,9-11H,7-8,12H2,1-2H3,(H,29,30)(H,25,26,27). The number of aromatic nitrogens is 3. The lowest BCUT2D eigenvalue weighted by atomic mass is 10.1.